The van der Waals surface area contributed by atoms with Gasteiger partial charge in [0.15, 0.2) is 0 Å². The fourth-order valence-electron chi connectivity index (χ4n) is 1.70. The van der Waals surface area contributed by atoms with E-state index in [1.165, 1.54) is 18.0 Å². The molecule has 0 aliphatic heterocycles. The lowest BCUT2D eigenvalue weighted by atomic mass is 10.2. The first-order valence-corrected chi connectivity index (χ1v) is 6.14. The van der Waals surface area contributed by atoms with E-state index in [0.29, 0.717) is 11.4 Å². The SMILES string of the molecule is COc1cccc(NC(=O)C(C)n2cc([N+](=O)[O-])cn2)c1. The van der Waals surface area contributed by atoms with Gasteiger partial charge in [-0.3, -0.25) is 19.6 Å². The number of carbonyl (C=O) groups excluding carboxylic acids is 1. The van der Waals surface area contributed by atoms with Crippen molar-refractivity contribution in [3.63, 3.8) is 0 Å². The van der Waals surface area contributed by atoms with Crippen LogP contribution in [0, 0.1) is 10.1 Å². The summed E-state index contributed by atoms with van der Waals surface area (Å²) in [7, 11) is 1.53. The molecule has 1 heterocycles. The smallest absolute Gasteiger partial charge is 0.307 e. The Bertz CT molecular complexity index is 668. The Morgan fingerprint density at radius 3 is 2.90 bits per heavy atom. The summed E-state index contributed by atoms with van der Waals surface area (Å²) in [5.41, 5.74) is 0.420. The van der Waals surface area contributed by atoms with Gasteiger partial charge < -0.3 is 10.1 Å². The molecule has 21 heavy (non-hydrogen) atoms. The van der Waals surface area contributed by atoms with E-state index in [9.17, 15) is 14.9 Å². The van der Waals surface area contributed by atoms with Crippen molar-refractivity contribution in [2.24, 2.45) is 0 Å². The van der Waals surface area contributed by atoms with Crippen LogP contribution in [0.2, 0.25) is 0 Å². The first kappa shape index (κ1) is 14.5. The van der Waals surface area contributed by atoms with E-state index in [1.807, 2.05) is 0 Å². The first-order valence-electron chi connectivity index (χ1n) is 6.14. The number of ether oxygens (including phenoxy) is 1. The summed E-state index contributed by atoms with van der Waals surface area (Å²) in [6.07, 6.45) is 2.32. The molecule has 0 radical (unpaired) electrons. The molecule has 0 saturated heterocycles. The minimum absolute atomic E-state index is 0.156. The number of benzene rings is 1. The van der Waals surface area contributed by atoms with Crippen LogP contribution >= 0.6 is 0 Å². The molecule has 8 nitrogen and oxygen atoms in total. The second-order valence-corrected chi connectivity index (χ2v) is 4.33. The van der Waals surface area contributed by atoms with Crippen molar-refractivity contribution in [1.29, 1.82) is 0 Å². The molecule has 0 bridgehead atoms. The highest BCUT2D eigenvalue weighted by molar-refractivity contribution is 5.93. The van der Waals surface area contributed by atoms with E-state index >= 15 is 0 Å². The first-order chi connectivity index (χ1) is 10.0. The summed E-state index contributed by atoms with van der Waals surface area (Å²) < 4.78 is 6.31. The Hall–Kier alpha value is -2.90. The van der Waals surface area contributed by atoms with Crippen molar-refractivity contribution in [2.45, 2.75) is 13.0 Å². The number of anilines is 1. The van der Waals surface area contributed by atoms with Crippen molar-refractivity contribution < 1.29 is 14.5 Å². The number of amides is 1. The van der Waals surface area contributed by atoms with Gasteiger partial charge in [-0.05, 0) is 19.1 Å². The lowest BCUT2D eigenvalue weighted by molar-refractivity contribution is -0.385. The largest absolute Gasteiger partial charge is 0.497 e. The van der Waals surface area contributed by atoms with Gasteiger partial charge in [-0.25, -0.2) is 0 Å². The number of nitrogens with zero attached hydrogens (tertiary/aromatic N) is 3. The van der Waals surface area contributed by atoms with Gasteiger partial charge in [0.05, 0.1) is 12.0 Å². The number of rotatable bonds is 5. The third-order valence-electron chi connectivity index (χ3n) is 2.91. The lowest BCUT2D eigenvalue weighted by Crippen LogP contribution is -2.24. The minimum atomic E-state index is -0.676. The third-order valence-corrected chi connectivity index (χ3v) is 2.91. The van der Waals surface area contributed by atoms with Gasteiger partial charge in [0.2, 0.25) is 5.91 Å². The summed E-state index contributed by atoms with van der Waals surface area (Å²) >= 11 is 0. The topological polar surface area (TPSA) is 99.3 Å². The number of nitro groups is 1. The summed E-state index contributed by atoms with van der Waals surface area (Å²) in [6.45, 7) is 1.60. The van der Waals surface area contributed by atoms with Gasteiger partial charge in [-0.2, -0.15) is 5.10 Å². The van der Waals surface area contributed by atoms with Gasteiger partial charge in [-0.1, -0.05) is 6.07 Å². The number of aromatic nitrogens is 2. The normalized spacial score (nSPS) is 11.7. The van der Waals surface area contributed by atoms with E-state index in [2.05, 4.69) is 10.4 Å². The van der Waals surface area contributed by atoms with Crippen LogP contribution in [-0.2, 0) is 4.79 Å². The van der Waals surface area contributed by atoms with Crippen LogP contribution in [0.4, 0.5) is 11.4 Å². The monoisotopic (exact) mass is 290 g/mol. The zero-order valence-corrected chi connectivity index (χ0v) is 11.5. The van der Waals surface area contributed by atoms with Gasteiger partial charge in [0, 0.05) is 11.8 Å². The standard InChI is InChI=1S/C13H14N4O4/c1-9(16-8-11(7-14-16)17(19)20)13(18)15-10-4-3-5-12(6-10)21-2/h3-9H,1-2H3,(H,15,18). The Labute approximate surface area is 120 Å². The molecule has 0 aliphatic carbocycles. The number of hydrogen-bond acceptors (Lipinski definition) is 5. The molecular weight excluding hydrogens is 276 g/mol. The second-order valence-electron chi connectivity index (χ2n) is 4.33. The highest BCUT2D eigenvalue weighted by atomic mass is 16.6. The molecule has 110 valence electrons. The number of methoxy groups -OCH3 is 1. The maximum Gasteiger partial charge on any atom is 0.307 e. The third kappa shape index (κ3) is 3.35. The number of carbonyl (C=O) groups is 1. The summed E-state index contributed by atoms with van der Waals surface area (Å²) in [5.74, 6) is 0.288. The zero-order chi connectivity index (χ0) is 15.4. The van der Waals surface area contributed by atoms with E-state index in [1.54, 1.807) is 31.2 Å². The van der Waals surface area contributed by atoms with Crippen molar-refractivity contribution in [3.05, 3.63) is 46.8 Å². The van der Waals surface area contributed by atoms with Gasteiger partial charge >= 0.3 is 5.69 Å². The molecule has 1 N–H and O–H groups in total. The summed E-state index contributed by atoms with van der Waals surface area (Å²) in [5, 5.41) is 17.1. The Morgan fingerprint density at radius 1 is 1.52 bits per heavy atom. The molecule has 8 heteroatoms. The zero-order valence-electron chi connectivity index (χ0n) is 11.5. The predicted octanol–water partition coefficient (Wildman–Crippen LogP) is 2.00. The molecule has 0 saturated carbocycles. The molecule has 2 aromatic rings. The Balaban J connectivity index is 2.09. The van der Waals surface area contributed by atoms with Crippen LogP contribution in [0.5, 0.6) is 5.75 Å². The molecule has 2 rings (SSSR count). The molecular formula is C13H14N4O4. The number of hydrogen-bond donors (Lipinski definition) is 1. The molecule has 1 amide bonds. The van der Waals surface area contributed by atoms with Crippen LogP contribution in [0.3, 0.4) is 0 Å². The summed E-state index contributed by atoms with van der Waals surface area (Å²) in [6, 6.07) is 6.23. The van der Waals surface area contributed by atoms with Crippen LogP contribution in [0.15, 0.2) is 36.7 Å². The van der Waals surface area contributed by atoms with Gasteiger partial charge in [0.1, 0.15) is 24.2 Å². The highest BCUT2D eigenvalue weighted by Gasteiger charge is 2.19. The fourth-order valence-corrected chi connectivity index (χ4v) is 1.70. The quantitative estimate of drug-likeness (QED) is 0.670. The van der Waals surface area contributed by atoms with Gasteiger partial charge in [0.25, 0.3) is 0 Å². The average molecular weight is 290 g/mol. The van der Waals surface area contributed by atoms with E-state index in [0.717, 1.165) is 6.20 Å². The van der Waals surface area contributed by atoms with E-state index < -0.39 is 11.0 Å². The molecule has 1 atom stereocenters. The maximum atomic E-state index is 12.1. The van der Waals surface area contributed by atoms with E-state index in [-0.39, 0.29) is 11.6 Å². The lowest BCUT2D eigenvalue weighted by Gasteiger charge is -2.12. The van der Waals surface area contributed by atoms with Gasteiger partial charge in [-0.15, -0.1) is 0 Å². The van der Waals surface area contributed by atoms with Crippen molar-refractivity contribution in [1.82, 2.24) is 9.78 Å². The second kappa shape index (κ2) is 6.04. The van der Waals surface area contributed by atoms with Crippen molar-refractivity contribution in [2.75, 3.05) is 12.4 Å². The Kier molecular flexibility index (Phi) is 4.17. The fraction of sp³-hybridized carbons (Fsp3) is 0.231. The molecule has 0 spiro atoms. The maximum absolute atomic E-state index is 12.1. The molecule has 1 aromatic carbocycles. The average Bonchev–Trinajstić information content (AvgIpc) is 2.96. The summed E-state index contributed by atoms with van der Waals surface area (Å²) in [4.78, 5) is 22.2. The van der Waals surface area contributed by atoms with Crippen molar-refractivity contribution >= 4 is 17.3 Å². The van der Waals surface area contributed by atoms with Crippen LogP contribution < -0.4 is 10.1 Å². The molecule has 1 unspecified atom stereocenters. The van der Waals surface area contributed by atoms with Crippen LogP contribution in [0.1, 0.15) is 13.0 Å². The molecule has 0 fully saturated rings. The molecule has 0 aliphatic rings. The van der Waals surface area contributed by atoms with Crippen LogP contribution in [-0.4, -0.2) is 27.7 Å². The predicted molar refractivity (Wildman–Crippen MR) is 75.2 cm³/mol. The minimum Gasteiger partial charge on any atom is -0.497 e. The molecule has 1 aromatic heterocycles. The van der Waals surface area contributed by atoms with Crippen molar-refractivity contribution in [3.8, 4) is 5.75 Å². The number of nitrogens with one attached hydrogen (secondary N) is 1. The van der Waals surface area contributed by atoms with E-state index in [4.69, 9.17) is 4.74 Å². The Morgan fingerprint density at radius 2 is 2.29 bits per heavy atom. The van der Waals surface area contributed by atoms with Crippen LogP contribution in [0.25, 0.3) is 0 Å². The highest BCUT2D eigenvalue weighted by Crippen LogP contribution is 2.19.